The van der Waals surface area contributed by atoms with E-state index in [1.807, 2.05) is 26.0 Å². The molecule has 0 fully saturated rings. The Morgan fingerprint density at radius 3 is 2.45 bits per heavy atom. The van der Waals surface area contributed by atoms with Crippen LogP contribution in [0.25, 0.3) is 5.57 Å². The first kappa shape index (κ1) is 21.4. The maximum atomic E-state index is 11.6. The van der Waals surface area contributed by atoms with Crippen molar-refractivity contribution in [2.45, 2.75) is 71.6 Å². The Balaban J connectivity index is 1.94. The van der Waals surface area contributed by atoms with Gasteiger partial charge in [-0.25, -0.2) is 4.79 Å². The van der Waals surface area contributed by atoms with Gasteiger partial charge < -0.3 is 9.47 Å². The number of benzene rings is 1. The molecule has 0 saturated carbocycles. The number of rotatable bonds is 4. The second-order valence-electron chi connectivity index (χ2n) is 9.45. The van der Waals surface area contributed by atoms with E-state index in [0.717, 1.165) is 17.7 Å². The van der Waals surface area contributed by atoms with E-state index in [1.54, 1.807) is 0 Å². The minimum absolute atomic E-state index is 0.178. The molecule has 1 aromatic carbocycles. The van der Waals surface area contributed by atoms with Crippen LogP contribution in [0.2, 0.25) is 0 Å². The van der Waals surface area contributed by atoms with Crippen molar-refractivity contribution in [2.24, 2.45) is 0 Å². The topological polar surface area (TPSA) is 35.5 Å². The third kappa shape index (κ3) is 4.66. The molecule has 0 unspecified atom stereocenters. The normalized spacial score (nSPS) is 21.4. The predicted octanol–water partition coefficient (Wildman–Crippen LogP) is 6.27. The molecule has 0 aromatic heterocycles. The summed E-state index contributed by atoms with van der Waals surface area (Å²) in [5, 5.41) is 0. The molecular weight excluding hydrogens is 360 g/mol. The van der Waals surface area contributed by atoms with Crippen molar-refractivity contribution >= 4 is 11.5 Å². The summed E-state index contributed by atoms with van der Waals surface area (Å²) >= 11 is 0. The van der Waals surface area contributed by atoms with E-state index >= 15 is 0 Å². The number of carbonyl (C=O) groups excluding carboxylic acids is 1. The summed E-state index contributed by atoms with van der Waals surface area (Å²) in [5.74, 6) is 0.703. The molecule has 1 heterocycles. The first-order valence-electron chi connectivity index (χ1n) is 10.7. The Bertz CT molecular complexity index is 881. The van der Waals surface area contributed by atoms with Crippen LogP contribution in [0, 0.1) is 0 Å². The number of esters is 1. The highest BCUT2D eigenvalue weighted by molar-refractivity contribution is 5.83. The molecule has 0 radical (unpaired) electrons. The molecule has 1 aliphatic carbocycles. The van der Waals surface area contributed by atoms with Gasteiger partial charge in [-0.3, -0.25) is 0 Å². The molecule has 0 N–H and O–H groups in total. The van der Waals surface area contributed by atoms with Crippen LogP contribution in [0.1, 0.15) is 77.5 Å². The molecule has 0 spiro atoms. The molecule has 0 saturated heterocycles. The lowest BCUT2D eigenvalue weighted by molar-refractivity contribution is -0.137. The maximum Gasteiger partial charge on any atom is 0.330 e. The quantitative estimate of drug-likeness (QED) is 0.343. The van der Waals surface area contributed by atoms with Gasteiger partial charge in [-0.15, -0.1) is 0 Å². The van der Waals surface area contributed by atoms with Crippen molar-refractivity contribution < 1.29 is 14.3 Å². The molecule has 1 aromatic rings. The SMILES string of the molecule is CCOC(=O)C=C(C)C=CC=C1CCOc2cc3c(cc21)C(C)(C)CCC3(C)C. The van der Waals surface area contributed by atoms with Gasteiger partial charge in [-0.1, -0.05) is 45.9 Å². The largest absolute Gasteiger partial charge is 0.493 e. The third-order valence-corrected chi connectivity index (χ3v) is 6.22. The highest BCUT2D eigenvalue weighted by Gasteiger charge is 2.38. The van der Waals surface area contributed by atoms with Crippen LogP contribution in [-0.4, -0.2) is 19.2 Å². The average molecular weight is 395 g/mol. The van der Waals surface area contributed by atoms with Crippen LogP contribution in [0.5, 0.6) is 5.75 Å². The summed E-state index contributed by atoms with van der Waals surface area (Å²) < 4.78 is 11.0. The smallest absolute Gasteiger partial charge is 0.330 e. The zero-order valence-electron chi connectivity index (χ0n) is 18.7. The highest BCUT2D eigenvalue weighted by atomic mass is 16.5. The van der Waals surface area contributed by atoms with Crippen molar-refractivity contribution in [3.8, 4) is 5.75 Å². The highest BCUT2D eigenvalue weighted by Crippen LogP contribution is 2.49. The van der Waals surface area contributed by atoms with Crippen LogP contribution in [-0.2, 0) is 20.4 Å². The van der Waals surface area contributed by atoms with Gasteiger partial charge in [0, 0.05) is 18.1 Å². The van der Waals surface area contributed by atoms with Gasteiger partial charge in [0.1, 0.15) is 5.75 Å². The minimum atomic E-state index is -0.296. The van der Waals surface area contributed by atoms with Gasteiger partial charge >= 0.3 is 5.97 Å². The van der Waals surface area contributed by atoms with E-state index in [4.69, 9.17) is 9.47 Å². The van der Waals surface area contributed by atoms with Gasteiger partial charge in [0.2, 0.25) is 0 Å². The summed E-state index contributed by atoms with van der Waals surface area (Å²) in [4.78, 5) is 11.6. The maximum absolute atomic E-state index is 11.6. The standard InChI is InChI=1S/C26H34O3/c1-7-28-24(27)15-18(2)9-8-10-19-11-14-29-23-17-22-21(16-20(19)23)25(3,4)12-13-26(22,5)6/h8-10,15-17H,7,11-14H2,1-6H3. The summed E-state index contributed by atoms with van der Waals surface area (Å²) in [5.41, 5.74) is 6.60. The van der Waals surface area contributed by atoms with Crippen molar-refractivity contribution in [1.29, 1.82) is 0 Å². The Hall–Kier alpha value is -2.29. The average Bonchev–Trinajstić information content (AvgIpc) is 2.65. The zero-order chi connectivity index (χ0) is 21.2. The van der Waals surface area contributed by atoms with E-state index in [1.165, 1.54) is 41.2 Å². The third-order valence-electron chi connectivity index (χ3n) is 6.22. The van der Waals surface area contributed by atoms with Crippen LogP contribution in [0.4, 0.5) is 0 Å². The molecule has 2 aliphatic rings. The van der Waals surface area contributed by atoms with Gasteiger partial charge in [0.15, 0.2) is 0 Å². The van der Waals surface area contributed by atoms with E-state index in [0.29, 0.717) is 13.2 Å². The van der Waals surface area contributed by atoms with Crippen molar-refractivity contribution in [2.75, 3.05) is 13.2 Å². The number of hydrogen-bond donors (Lipinski definition) is 0. The fourth-order valence-electron chi connectivity index (χ4n) is 4.28. The fraction of sp³-hybridized carbons (Fsp3) is 0.500. The van der Waals surface area contributed by atoms with Gasteiger partial charge in [0.05, 0.1) is 13.2 Å². The molecule has 3 nitrogen and oxygen atoms in total. The Morgan fingerprint density at radius 1 is 1.14 bits per heavy atom. The van der Waals surface area contributed by atoms with Gasteiger partial charge in [-0.05, 0) is 71.9 Å². The summed E-state index contributed by atoms with van der Waals surface area (Å²) in [7, 11) is 0. The molecule has 1 aliphatic heterocycles. The fourth-order valence-corrected chi connectivity index (χ4v) is 4.28. The minimum Gasteiger partial charge on any atom is -0.493 e. The predicted molar refractivity (Wildman–Crippen MR) is 119 cm³/mol. The molecule has 0 bridgehead atoms. The lowest BCUT2D eigenvalue weighted by Gasteiger charge is -2.42. The number of ether oxygens (including phenoxy) is 2. The molecular formula is C26H34O3. The number of allylic oxidation sites excluding steroid dienone is 4. The second-order valence-corrected chi connectivity index (χ2v) is 9.45. The lowest BCUT2D eigenvalue weighted by Crippen LogP contribution is -2.34. The van der Waals surface area contributed by atoms with E-state index < -0.39 is 0 Å². The summed E-state index contributed by atoms with van der Waals surface area (Å²) in [6.45, 7) is 14.2. The van der Waals surface area contributed by atoms with Gasteiger partial charge in [0.25, 0.3) is 0 Å². The second kappa shape index (κ2) is 8.22. The van der Waals surface area contributed by atoms with Crippen LogP contribution < -0.4 is 4.74 Å². The number of carbonyl (C=O) groups is 1. The van der Waals surface area contributed by atoms with E-state index in [2.05, 4.69) is 45.9 Å². The molecule has 0 amide bonds. The lowest BCUT2D eigenvalue weighted by atomic mass is 9.62. The monoisotopic (exact) mass is 394 g/mol. The Morgan fingerprint density at radius 2 is 1.79 bits per heavy atom. The van der Waals surface area contributed by atoms with Crippen LogP contribution >= 0.6 is 0 Å². The molecule has 156 valence electrons. The Labute approximate surface area is 175 Å². The molecule has 3 heteroatoms. The summed E-state index contributed by atoms with van der Waals surface area (Å²) in [6.07, 6.45) is 10.9. The van der Waals surface area contributed by atoms with Crippen LogP contribution in [0.15, 0.2) is 42.0 Å². The summed E-state index contributed by atoms with van der Waals surface area (Å²) in [6, 6.07) is 4.65. The first-order chi connectivity index (χ1) is 13.6. The number of fused-ring (bicyclic) bond motifs is 2. The van der Waals surface area contributed by atoms with E-state index in [9.17, 15) is 4.79 Å². The first-order valence-corrected chi connectivity index (χ1v) is 10.7. The van der Waals surface area contributed by atoms with Gasteiger partial charge in [-0.2, -0.15) is 0 Å². The van der Waals surface area contributed by atoms with E-state index in [-0.39, 0.29) is 16.8 Å². The Kier molecular flexibility index (Phi) is 6.07. The molecule has 0 atom stereocenters. The number of hydrogen-bond acceptors (Lipinski definition) is 3. The van der Waals surface area contributed by atoms with Crippen molar-refractivity contribution in [1.82, 2.24) is 0 Å². The van der Waals surface area contributed by atoms with Crippen molar-refractivity contribution in [3.63, 3.8) is 0 Å². The molecule has 29 heavy (non-hydrogen) atoms. The molecule has 3 rings (SSSR count). The van der Waals surface area contributed by atoms with Crippen molar-refractivity contribution in [3.05, 3.63) is 58.7 Å². The van der Waals surface area contributed by atoms with Crippen LogP contribution in [0.3, 0.4) is 0 Å². The zero-order valence-corrected chi connectivity index (χ0v) is 18.7.